The molecule has 1 aromatic heterocycles. The maximum atomic E-state index is 13.3. The number of carbonyl (C=O) groups is 2. The quantitative estimate of drug-likeness (QED) is 0.839. The summed E-state index contributed by atoms with van der Waals surface area (Å²) in [7, 11) is 1.69. The maximum Gasteiger partial charge on any atom is 0.270 e. The van der Waals surface area contributed by atoms with Crippen molar-refractivity contribution in [2.45, 2.75) is 32.0 Å². The van der Waals surface area contributed by atoms with Crippen LogP contribution in [0, 0.1) is 11.7 Å². The highest BCUT2D eigenvalue weighted by molar-refractivity contribution is 5.97. The van der Waals surface area contributed by atoms with Crippen LogP contribution in [-0.2, 0) is 17.9 Å². The number of rotatable bonds is 5. The van der Waals surface area contributed by atoms with Crippen LogP contribution >= 0.6 is 0 Å². The zero-order valence-corrected chi connectivity index (χ0v) is 16.7. The lowest BCUT2D eigenvalue weighted by Gasteiger charge is -2.34. The number of likely N-dealkylation sites (tertiary alicyclic amines) is 1. The second-order valence-electron chi connectivity index (χ2n) is 8.07. The van der Waals surface area contributed by atoms with Crippen LogP contribution < -0.4 is 5.32 Å². The van der Waals surface area contributed by atoms with Crippen molar-refractivity contribution in [3.63, 3.8) is 0 Å². The molecule has 1 fully saturated rings. The normalized spacial score (nSPS) is 20.6. The van der Waals surface area contributed by atoms with E-state index in [9.17, 15) is 14.0 Å². The van der Waals surface area contributed by atoms with Crippen LogP contribution in [-0.4, -0.2) is 58.9 Å². The molecule has 154 valence electrons. The van der Waals surface area contributed by atoms with Crippen molar-refractivity contribution >= 4 is 11.8 Å². The van der Waals surface area contributed by atoms with Crippen LogP contribution in [0.3, 0.4) is 0 Å². The van der Waals surface area contributed by atoms with Gasteiger partial charge in [-0.1, -0.05) is 12.1 Å². The molecule has 3 heterocycles. The average Bonchev–Trinajstić information content (AvgIpc) is 3.19. The number of likely N-dealkylation sites (N-methyl/N-ethyl adjacent to an activating group) is 1. The molecule has 0 spiro atoms. The SMILES string of the molecule is CN1C(=O)c2cccn2CC1C(=O)NCC1CCN(Cc2cccc(F)c2)CC1. The van der Waals surface area contributed by atoms with Gasteiger partial charge >= 0.3 is 0 Å². The predicted molar refractivity (Wildman–Crippen MR) is 108 cm³/mol. The molecule has 1 saturated heterocycles. The number of benzene rings is 1. The summed E-state index contributed by atoms with van der Waals surface area (Å²) in [4.78, 5) is 29.0. The van der Waals surface area contributed by atoms with Gasteiger partial charge in [0.05, 0.1) is 6.54 Å². The average molecular weight is 398 g/mol. The van der Waals surface area contributed by atoms with Gasteiger partial charge in [0.2, 0.25) is 5.91 Å². The minimum Gasteiger partial charge on any atom is -0.354 e. The van der Waals surface area contributed by atoms with Gasteiger partial charge in [0.1, 0.15) is 17.6 Å². The summed E-state index contributed by atoms with van der Waals surface area (Å²) in [5.74, 6) is 0.0159. The van der Waals surface area contributed by atoms with E-state index in [-0.39, 0.29) is 17.6 Å². The Kier molecular flexibility index (Phi) is 5.67. The molecule has 2 amide bonds. The van der Waals surface area contributed by atoms with E-state index >= 15 is 0 Å². The smallest absolute Gasteiger partial charge is 0.270 e. The third-order valence-corrected chi connectivity index (χ3v) is 6.08. The number of hydrogen-bond donors (Lipinski definition) is 1. The Balaban J connectivity index is 1.24. The molecule has 0 radical (unpaired) electrons. The number of carbonyl (C=O) groups excluding carboxylic acids is 2. The van der Waals surface area contributed by atoms with E-state index in [1.54, 1.807) is 25.2 Å². The van der Waals surface area contributed by atoms with Gasteiger partial charge in [-0.05, 0) is 61.7 Å². The maximum absolute atomic E-state index is 13.3. The van der Waals surface area contributed by atoms with Crippen molar-refractivity contribution < 1.29 is 14.0 Å². The molecule has 1 unspecified atom stereocenters. The fourth-order valence-electron chi connectivity index (χ4n) is 4.26. The number of hydrogen-bond acceptors (Lipinski definition) is 3. The van der Waals surface area contributed by atoms with Crippen LogP contribution in [0.1, 0.15) is 28.9 Å². The van der Waals surface area contributed by atoms with Gasteiger partial charge < -0.3 is 14.8 Å². The zero-order valence-electron chi connectivity index (χ0n) is 16.7. The van der Waals surface area contributed by atoms with Crippen molar-refractivity contribution in [3.8, 4) is 0 Å². The first kappa shape index (κ1) is 19.6. The highest BCUT2D eigenvalue weighted by atomic mass is 19.1. The fraction of sp³-hybridized carbons (Fsp3) is 0.455. The van der Waals surface area contributed by atoms with Crippen molar-refractivity contribution in [2.75, 3.05) is 26.7 Å². The number of nitrogens with one attached hydrogen (secondary N) is 1. The second-order valence-corrected chi connectivity index (χ2v) is 8.07. The van der Waals surface area contributed by atoms with Gasteiger partial charge in [-0.15, -0.1) is 0 Å². The standard InChI is InChI=1S/C22H27FN4O2/c1-25-20(15-27-9-3-6-19(27)22(25)29)21(28)24-13-16-7-10-26(11-8-16)14-17-4-2-5-18(23)12-17/h2-6,9,12,16,20H,7-8,10-11,13-15H2,1H3,(H,24,28). The summed E-state index contributed by atoms with van der Waals surface area (Å²) in [6.45, 7) is 3.74. The lowest BCUT2D eigenvalue weighted by molar-refractivity contribution is -0.126. The molecule has 0 saturated carbocycles. The highest BCUT2D eigenvalue weighted by Gasteiger charge is 2.34. The van der Waals surface area contributed by atoms with Crippen LogP contribution in [0.15, 0.2) is 42.6 Å². The largest absolute Gasteiger partial charge is 0.354 e. The van der Waals surface area contributed by atoms with Crippen LogP contribution in [0.4, 0.5) is 4.39 Å². The minimum absolute atomic E-state index is 0.0950. The fourth-order valence-corrected chi connectivity index (χ4v) is 4.26. The molecular weight excluding hydrogens is 371 g/mol. The number of halogens is 1. The molecule has 2 aliphatic heterocycles. The molecule has 7 heteroatoms. The topological polar surface area (TPSA) is 57.6 Å². The van der Waals surface area contributed by atoms with Crippen LogP contribution in [0.5, 0.6) is 0 Å². The monoisotopic (exact) mass is 398 g/mol. The molecule has 2 aliphatic rings. The zero-order chi connectivity index (χ0) is 20.4. The first-order valence-electron chi connectivity index (χ1n) is 10.2. The third-order valence-electron chi connectivity index (χ3n) is 6.08. The summed E-state index contributed by atoms with van der Waals surface area (Å²) in [6, 6.07) is 9.89. The van der Waals surface area contributed by atoms with Gasteiger partial charge in [0.25, 0.3) is 5.91 Å². The van der Waals surface area contributed by atoms with Crippen LogP contribution in [0.25, 0.3) is 0 Å². The van der Waals surface area contributed by atoms with Crippen molar-refractivity contribution in [3.05, 3.63) is 59.7 Å². The van der Waals surface area contributed by atoms with Gasteiger partial charge in [0, 0.05) is 26.3 Å². The Bertz CT molecular complexity index is 888. The Morgan fingerprint density at radius 1 is 1.21 bits per heavy atom. The van der Waals surface area contributed by atoms with Gasteiger partial charge in [0.15, 0.2) is 0 Å². The molecule has 0 bridgehead atoms. The molecule has 1 aromatic carbocycles. The van der Waals surface area contributed by atoms with E-state index in [4.69, 9.17) is 0 Å². The second kappa shape index (κ2) is 8.37. The molecule has 4 rings (SSSR count). The summed E-state index contributed by atoms with van der Waals surface area (Å²) in [6.07, 6.45) is 3.84. The number of aromatic nitrogens is 1. The Morgan fingerprint density at radius 3 is 2.76 bits per heavy atom. The van der Waals surface area contributed by atoms with Gasteiger partial charge in [-0.25, -0.2) is 4.39 Å². The Hall–Kier alpha value is -2.67. The molecule has 0 aliphatic carbocycles. The summed E-state index contributed by atoms with van der Waals surface area (Å²) in [5.41, 5.74) is 1.62. The van der Waals surface area contributed by atoms with E-state index in [0.29, 0.717) is 24.7 Å². The molecule has 1 N–H and O–H groups in total. The van der Waals surface area contributed by atoms with E-state index in [0.717, 1.165) is 38.0 Å². The number of piperidine rings is 1. The summed E-state index contributed by atoms with van der Waals surface area (Å²) in [5, 5.41) is 3.05. The van der Waals surface area contributed by atoms with E-state index in [2.05, 4.69) is 10.2 Å². The van der Waals surface area contributed by atoms with Crippen molar-refractivity contribution in [1.29, 1.82) is 0 Å². The van der Waals surface area contributed by atoms with Crippen molar-refractivity contribution in [2.24, 2.45) is 5.92 Å². The van der Waals surface area contributed by atoms with Crippen LogP contribution in [0.2, 0.25) is 0 Å². The molecule has 29 heavy (non-hydrogen) atoms. The van der Waals surface area contributed by atoms with E-state index in [1.165, 1.54) is 11.0 Å². The summed E-state index contributed by atoms with van der Waals surface area (Å²) < 4.78 is 15.2. The lowest BCUT2D eigenvalue weighted by atomic mass is 9.96. The summed E-state index contributed by atoms with van der Waals surface area (Å²) >= 11 is 0. The minimum atomic E-state index is -0.476. The first-order valence-corrected chi connectivity index (χ1v) is 10.2. The van der Waals surface area contributed by atoms with Crippen molar-refractivity contribution in [1.82, 2.24) is 19.7 Å². The third kappa shape index (κ3) is 4.34. The Labute approximate surface area is 170 Å². The first-order chi connectivity index (χ1) is 14.0. The predicted octanol–water partition coefficient (Wildman–Crippen LogP) is 2.11. The van der Waals surface area contributed by atoms with Gasteiger partial charge in [-0.2, -0.15) is 0 Å². The molecule has 6 nitrogen and oxygen atoms in total. The Morgan fingerprint density at radius 2 is 2.00 bits per heavy atom. The number of amides is 2. The molecule has 1 atom stereocenters. The highest BCUT2D eigenvalue weighted by Crippen LogP contribution is 2.20. The van der Waals surface area contributed by atoms with Gasteiger partial charge in [-0.3, -0.25) is 14.5 Å². The van der Waals surface area contributed by atoms with E-state index in [1.807, 2.05) is 22.9 Å². The number of nitrogens with zero attached hydrogens (tertiary/aromatic N) is 3. The number of fused-ring (bicyclic) bond motifs is 1. The van der Waals surface area contributed by atoms with E-state index < -0.39 is 6.04 Å². The molecular formula is C22H27FN4O2. The molecule has 2 aromatic rings. The lowest BCUT2D eigenvalue weighted by Crippen LogP contribution is -2.54.